The highest BCUT2D eigenvalue weighted by atomic mass is 32.1. The zero-order chi connectivity index (χ0) is 20.2. The number of benzene rings is 3. The molecule has 0 fully saturated rings. The molecule has 0 aliphatic carbocycles. The van der Waals surface area contributed by atoms with Gasteiger partial charge in [0.25, 0.3) is 0 Å². The zero-order valence-corrected chi connectivity index (χ0v) is 17.4. The van der Waals surface area contributed by atoms with E-state index in [4.69, 9.17) is 18.1 Å². The van der Waals surface area contributed by atoms with E-state index in [1.807, 2.05) is 36.4 Å². The van der Waals surface area contributed by atoms with Crippen LogP contribution >= 0.6 is 12.2 Å². The largest absolute Gasteiger partial charge is 0.344 e. The van der Waals surface area contributed by atoms with Crippen LogP contribution in [-0.2, 0) is 11.0 Å². The van der Waals surface area contributed by atoms with E-state index in [0.717, 1.165) is 16.7 Å². The Bertz CT molecular complexity index is 891. The SMILES string of the molecule is CC(C)(C)c1ccccc1C(NC(=S)NN)(c1ccccc1)c1ccccc1. The third-order valence-electron chi connectivity index (χ3n) is 4.98. The van der Waals surface area contributed by atoms with Gasteiger partial charge in [-0.15, -0.1) is 0 Å². The van der Waals surface area contributed by atoms with Gasteiger partial charge in [-0.25, -0.2) is 5.84 Å². The van der Waals surface area contributed by atoms with Crippen molar-refractivity contribution in [2.45, 2.75) is 31.7 Å². The van der Waals surface area contributed by atoms with Crippen molar-refractivity contribution in [1.82, 2.24) is 10.7 Å². The van der Waals surface area contributed by atoms with Gasteiger partial charge in [0.2, 0.25) is 0 Å². The molecule has 3 aromatic carbocycles. The number of thiocarbonyl (C=S) groups is 1. The highest BCUT2D eigenvalue weighted by Crippen LogP contribution is 2.41. The van der Waals surface area contributed by atoms with Crippen molar-refractivity contribution < 1.29 is 0 Å². The second-order valence-corrected chi connectivity index (χ2v) is 8.28. The summed E-state index contributed by atoms with van der Waals surface area (Å²) >= 11 is 5.49. The molecule has 4 N–H and O–H groups in total. The first kappa shape index (κ1) is 20.1. The van der Waals surface area contributed by atoms with E-state index in [0.29, 0.717) is 5.11 Å². The molecule has 4 heteroatoms. The van der Waals surface area contributed by atoms with Crippen LogP contribution in [0.5, 0.6) is 0 Å². The molecule has 3 rings (SSSR count). The van der Waals surface area contributed by atoms with Gasteiger partial charge in [-0.05, 0) is 39.9 Å². The summed E-state index contributed by atoms with van der Waals surface area (Å²) < 4.78 is 0. The monoisotopic (exact) mass is 389 g/mol. The molecule has 0 unspecified atom stereocenters. The summed E-state index contributed by atoms with van der Waals surface area (Å²) in [4.78, 5) is 0. The fourth-order valence-electron chi connectivity index (χ4n) is 3.74. The van der Waals surface area contributed by atoms with Crippen LogP contribution in [0.15, 0.2) is 84.9 Å². The van der Waals surface area contributed by atoms with E-state index in [1.165, 1.54) is 5.56 Å². The van der Waals surface area contributed by atoms with Gasteiger partial charge in [-0.2, -0.15) is 0 Å². The Morgan fingerprint density at radius 3 is 1.57 bits per heavy atom. The van der Waals surface area contributed by atoms with E-state index in [2.05, 4.69) is 80.0 Å². The van der Waals surface area contributed by atoms with E-state index >= 15 is 0 Å². The van der Waals surface area contributed by atoms with Crippen molar-refractivity contribution in [3.8, 4) is 0 Å². The lowest BCUT2D eigenvalue weighted by molar-refractivity contribution is 0.522. The maximum atomic E-state index is 5.68. The minimum absolute atomic E-state index is 0.0507. The van der Waals surface area contributed by atoms with Crippen molar-refractivity contribution in [1.29, 1.82) is 0 Å². The second-order valence-electron chi connectivity index (χ2n) is 7.88. The topological polar surface area (TPSA) is 50.1 Å². The van der Waals surface area contributed by atoms with E-state index in [9.17, 15) is 0 Å². The minimum Gasteiger partial charge on any atom is -0.344 e. The highest BCUT2D eigenvalue weighted by Gasteiger charge is 2.40. The second kappa shape index (κ2) is 8.13. The van der Waals surface area contributed by atoms with E-state index < -0.39 is 5.54 Å². The Morgan fingerprint density at radius 2 is 1.14 bits per heavy atom. The minimum atomic E-state index is -0.685. The van der Waals surface area contributed by atoms with Gasteiger partial charge in [0.1, 0.15) is 5.54 Å². The number of hydrazine groups is 1. The normalized spacial score (nSPS) is 11.7. The molecule has 0 saturated carbocycles. The summed E-state index contributed by atoms with van der Waals surface area (Å²) in [5.41, 5.74) is 6.45. The molecule has 0 aliphatic heterocycles. The maximum absolute atomic E-state index is 5.68. The Hall–Kier alpha value is -2.69. The van der Waals surface area contributed by atoms with Crippen LogP contribution in [0.1, 0.15) is 43.0 Å². The fraction of sp³-hybridized carbons (Fsp3) is 0.208. The molecule has 28 heavy (non-hydrogen) atoms. The standard InChI is InChI=1S/C24H27N3S/c1-23(2,3)20-16-10-11-17-21(20)24(26-22(28)27-25,18-12-6-4-7-13-18)19-14-8-5-9-15-19/h4-17H,25H2,1-3H3,(H2,26,27,28). The van der Waals surface area contributed by atoms with E-state index in [-0.39, 0.29) is 5.41 Å². The Labute approximate surface area is 173 Å². The molecule has 0 aromatic heterocycles. The molecule has 3 nitrogen and oxygen atoms in total. The average molecular weight is 390 g/mol. The molecule has 0 bridgehead atoms. The summed E-state index contributed by atoms with van der Waals surface area (Å²) in [6.45, 7) is 6.68. The summed E-state index contributed by atoms with van der Waals surface area (Å²) in [6.07, 6.45) is 0. The number of nitrogens with one attached hydrogen (secondary N) is 2. The van der Waals surface area contributed by atoms with Gasteiger partial charge < -0.3 is 10.7 Å². The third kappa shape index (κ3) is 3.79. The molecule has 0 radical (unpaired) electrons. The van der Waals surface area contributed by atoms with Crippen molar-refractivity contribution in [2.24, 2.45) is 5.84 Å². The third-order valence-corrected chi connectivity index (χ3v) is 5.20. The van der Waals surface area contributed by atoms with Crippen molar-refractivity contribution in [3.05, 3.63) is 107 Å². The van der Waals surface area contributed by atoms with Crippen LogP contribution in [0.2, 0.25) is 0 Å². The van der Waals surface area contributed by atoms with Crippen LogP contribution in [0.3, 0.4) is 0 Å². The summed E-state index contributed by atoms with van der Waals surface area (Å²) in [5.74, 6) is 5.68. The number of nitrogens with two attached hydrogens (primary N) is 1. The first-order valence-corrected chi connectivity index (χ1v) is 9.80. The van der Waals surface area contributed by atoms with Crippen LogP contribution < -0.4 is 16.6 Å². The van der Waals surface area contributed by atoms with Gasteiger partial charge >= 0.3 is 0 Å². The molecule has 144 valence electrons. The van der Waals surface area contributed by atoms with Crippen LogP contribution in [-0.4, -0.2) is 5.11 Å². The van der Waals surface area contributed by atoms with Gasteiger partial charge in [0.05, 0.1) is 0 Å². The Morgan fingerprint density at radius 1 is 0.714 bits per heavy atom. The van der Waals surface area contributed by atoms with Crippen molar-refractivity contribution >= 4 is 17.3 Å². The van der Waals surface area contributed by atoms with Crippen LogP contribution in [0.25, 0.3) is 0 Å². The quantitative estimate of drug-likeness (QED) is 0.264. The number of rotatable bonds is 4. The molecule has 0 atom stereocenters. The molecule has 3 aromatic rings. The molecule has 0 spiro atoms. The number of hydrogen-bond donors (Lipinski definition) is 3. The predicted molar refractivity (Wildman–Crippen MR) is 121 cm³/mol. The van der Waals surface area contributed by atoms with Crippen LogP contribution in [0.4, 0.5) is 0 Å². The molecule has 0 saturated heterocycles. The van der Waals surface area contributed by atoms with Crippen LogP contribution in [0, 0.1) is 0 Å². The average Bonchev–Trinajstić information content (AvgIpc) is 2.72. The zero-order valence-electron chi connectivity index (χ0n) is 16.6. The van der Waals surface area contributed by atoms with E-state index in [1.54, 1.807) is 0 Å². The number of hydrogen-bond acceptors (Lipinski definition) is 2. The summed E-state index contributed by atoms with van der Waals surface area (Å²) in [6, 6.07) is 29.3. The molecular weight excluding hydrogens is 362 g/mol. The lowest BCUT2D eigenvalue weighted by atomic mass is 9.71. The molecule has 0 amide bonds. The molecule has 0 heterocycles. The van der Waals surface area contributed by atoms with Gasteiger partial charge in [0, 0.05) is 0 Å². The first-order chi connectivity index (χ1) is 13.4. The smallest absolute Gasteiger partial charge is 0.181 e. The Kier molecular flexibility index (Phi) is 5.82. The van der Waals surface area contributed by atoms with Gasteiger partial charge in [-0.1, -0.05) is 106 Å². The van der Waals surface area contributed by atoms with Gasteiger partial charge in [0.15, 0.2) is 5.11 Å². The lowest BCUT2D eigenvalue weighted by Gasteiger charge is -2.40. The maximum Gasteiger partial charge on any atom is 0.181 e. The molecule has 0 aliphatic rings. The Balaban J connectivity index is 2.42. The first-order valence-electron chi connectivity index (χ1n) is 9.39. The highest BCUT2D eigenvalue weighted by molar-refractivity contribution is 7.80. The van der Waals surface area contributed by atoms with Gasteiger partial charge in [-0.3, -0.25) is 0 Å². The molecular formula is C24H27N3S. The fourth-order valence-corrected chi connectivity index (χ4v) is 3.89. The van der Waals surface area contributed by atoms with Crippen molar-refractivity contribution in [3.63, 3.8) is 0 Å². The van der Waals surface area contributed by atoms with Crippen molar-refractivity contribution in [2.75, 3.05) is 0 Å². The predicted octanol–water partition coefficient (Wildman–Crippen LogP) is 4.61. The lowest BCUT2D eigenvalue weighted by Crippen LogP contribution is -2.53. The summed E-state index contributed by atoms with van der Waals surface area (Å²) in [5, 5.41) is 3.92. The summed E-state index contributed by atoms with van der Waals surface area (Å²) in [7, 11) is 0.